The van der Waals surface area contributed by atoms with Crippen molar-refractivity contribution in [1.29, 1.82) is 0 Å². The van der Waals surface area contributed by atoms with Crippen LogP contribution in [0.2, 0.25) is 18.6 Å². The Morgan fingerprint density at radius 2 is 1.60 bits per heavy atom. The molecule has 0 radical (unpaired) electrons. The van der Waals surface area contributed by atoms with Crippen LogP contribution in [-0.2, 0) is 4.79 Å². The minimum absolute atomic E-state index is 0.539. The van der Waals surface area contributed by atoms with Crippen molar-refractivity contribution in [2.24, 2.45) is 0 Å². The van der Waals surface area contributed by atoms with Crippen LogP contribution < -0.4 is 0 Å². The van der Waals surface area contributed by atoms with Crippen molar-refractivity contribution in [3.63, 3.8) is 0 Å². The molecule has 0 rings (SSSR count). The smallest absolute Gasteiger partial charge is 0.129 e. The Morgan fingerprint density at radius 1 is 1.20 bits per heavy atom. The third-order valence-electron chi connectivity index (χ3n) is 2.55. The van der Waals surface area contributed by atoms with E-state index in [1.54, 1.807) is 0 Å². The van der Waals surface area contributed by atoms with Gasteiger partial charge in [0.25, 0.3) is 0 Å². The van der Waals surface area contributed by atoms with Gasteiger partial charge in [-0.2, -0.15) is 0 Å². The van der Waals surface area contributed by atoms with E-state index in [0.717, 1.165) is 18.5 Å². The van der Waals surface area contributed by atoms with Crippen LogP contribution in [0.1, 0.15) is 27.2 Å². The number of hydrogen-bond acceptors (Lipinski definition) is 1. The molecule has 0 N–H and O–H groups in total. The number of hydrogen-bond donors (Lipinski definition) is 0. The zero-order valence-corrected chi connectivity index (χ0v) is 8.53. The minimum Gasteiger partial charge on any atom is -0.305 e. The van der Waals surface area contributed by atoms with Crippen molar-refractivity contribution in [2.45, 2.75) is 45.8 Å². The fourth-order valence-corrected chi connectivity index (χ4v) is 3.21. The summed E-state index contributed by atoms with van der Waals surface area (Å²) < 4.78 is 0. The van der Waals surface area contributed by atoms with E-state index in [0.29, 0.717) is 5.41 Å². The van der Waals surface area contributed by atoms with Gasteiger partial charge in [-0.05, 0) is 6.42 Å². The maximum Gasteiger partial charge on any atom is 0.129 e. The Labute approximate surface area is 64.8 Å². The van der Waals surface area contributed by atoms with Crippen LogP contribution >= 0.6 is 0 Å². The van der Waals surface area contributed by atoms with E-state index in [1.807, 2.05) is 6.92 Å². The fourth-order valence-electron chi connectivity index (χ4n) is 1.07. The Balaban J connectivity index is 4.17. The first-order valence-corrected chi connectivity index (χ1v) is 7.05. The monoisotopic (exact) mass is 158 g/mol. The standard InChI is InChI=1S/C8H18OSi/c1-5-8(9)10(4,6-2)7-3/h5-7H2,1-4H3. The Hall–Kier alpha value is -0.113. The Bertz CT molecular complexity index is 116. The molecule has 0 aliphatic carbocycles. The van der Waals surface area contributed by atoms with Crippen LogP contribution in [0.3, 0.4) is 0 Å². The normalized spacial score (nSPS) is 11.6. The van der Waals surface area contributed by atoms with Crippen molar-refractivity contribution in [3.05, 3.63) is 0 Å². The van der Waals surface area contributed by atoms with Crippen LogP contribution in [0.5, 0.6) is 0 Å². The van der Waals surface area contributed by atoms with E-state index in [9.17, 15) is 4.79 Å². The van der Waals surface area contributed by atoms with Crippen molar-refractivity contribution in [2.75, 3.05) is 0 Å². The van der Waals surface area contributed by atoms with Crippen LogP contribution in [0.4, 0.5) is 0 Å². The highest BCUT2D eigenvalue weighted by Gasteiger charge is 2.29. The van der Waals surface area contributed by atoms with E-state index in [2.05, 4.69) is 20.4 Å². The van der Waals surface area contributed by atoms with Gasteiger partial charge in [-0.1, -0.05) is 39.4 Å². The zero-order valence-electron chi connectivity index (χ0n) is 7.53. The lowest BCUT2D eigenvalue weighted by Crippen LogP contribution is -2.38. The molecular formula is C8H18OSi. The molecule has 0 aromatic heterocycles. The molecule has 0 bridgehead atoms. The van der Waals surface area contributed by atoms with Crippen LogP contribution in [0.15, 0.2) is 0 Å². The van der Waals surface area contributed by atoms with Gasteiger partial charge < -0.3 is 4.79 Å². The van der Waals surface area contributed by atoms with Gasteiger partial charge in [-0.25, -0.2) is 0 Å². The predicted octanol–water partition coefficient (Wildman–Crippen LogP) is 2.62. The highest BCUT2D eigenvalue weighted by molar-refractivity contribution is 7.05. The van der Waals surface area contributed by atoms with Gasteiger partial charge in [0.2, 0.25) is 0 Å². The predicted molar refractivity (Wildman–Crippen MR) is 47.9 cm³/mol. The molecule has 0 spiro atoms. The average Bonchev–Trinajstić information content (AvgIpc) is 2.01. The fraction of sp³-hybridized carbons (Fsp3) is 0.875. The molecule has 0 aromatic carbocycles. The third kappa shape index (κ3) is 1.94. The van der Waals surface area contributed by atoms with E-state index in [4.69, 9.17) is 0 Å². The molecule has 0 fully saturated rings. The topological polar surface area (TPSA) is 17.1 Å². The first-order chi connectivity index (χ1) is 4.60. The molecule has 0 aromatic rings. The summed E-state index contributed by atoms with van der Waals surface area (Å²) in [5.74, 6) is 0. The molecule has 60 valence electrons. The molecule has 1 nitrogen and oxygen atoms in total. The van der Waals surface area contributed by atoms with Gasteiger partial charge in [-0.3, -0.25) is 0 Å². The minimum atomic E-state index is -1.44. The lowest BCUT2D eigenvalue weighted by Gasteiger charge is -2.20. The average molecular weight is 158 g/mol. The number of carbonyl (C=O) groups is 1. The maximum atomic E-state index is 11.4. The third-order valence-corrected chi connectivity index (χ3v) is 7.38. The molecule has 0 amide bonds. The van der Waals surface area contributed by atoms with Crippen LogP contribution in [-0.4, -0.2) is 13.5 Å². The van der Waals surface area contributed by atoms with Gasteiger partial charge in [0, 0.05) is 0 Å². The number of rotatable bonds is 4. The summed E-state index contributed by atoms with van der Waals surface area (Å²) in [5.41, 5.74) is 0. The second kappa shape index (κ2) is 3.91. The van der Waals surface area contributed by atoms with Gasteiger partial charge >= 0.3 is 0 Å². The molecule has 0 saturated heterocycles. The molecule has 0 saturated carbocycles. The number of carbonyl (C=O) groups excluding carboxylic acids is 1. The van der Waals surface area contributed by atoms with Crippen LogP contribution in [0, 0.1) is 0 Å². The van der Waals surface area contributed by atoms with Crippen LogP contribution in [0.25, 0.3) is 0 Å². The summed E-state index contributed by atoms with van der Waals surface area (Å²) in [6.07, 6.45) is 0.740. The summed E-state index contributed by atoms with van der Waals surface area (Å²) in [4.78, 5) is 11.4. The molecule has 0 heterocycles. The molecule has 0 unspecified atom stereocenters. The van der Waals surface area contributed by atoms with E-state index < -0.39 is 8.07 Å². The first kappa shape index (κ1) is 9.89. The summed E-state index contributed by atoms with van der Waals surface area (Å²) in [5, 5.41) is 0.539. The molecule has 0 atom stereocenters. The highest BCUT2D eigenvalue weighted by atomic mass is 28.3. The first-order valence-electron chi connectivity index (χ1n) is 4.14. The van der Waals surface area contributed by atoms with Gasteiger partial charge in [0.1, 0.15) is 13.5 Å². The Morgan fingerprint density at radius 3 is 1.70 bits per heavy atom. The van der Waals surface area contributed by atoms with Crippen molar-refractivity contribution in [3.8, 4) is 0 Å². The highest BCUT2D eigenvalue weighted by Crippen LogP contribution is 2.16. The van der Waals surface area contributed by atoms with Gasteiger partial charge in [0.05, 0.1) is 0 Å². The van der Waals surface area contributed by atoms with E-state index in [1.165, 1.54) is 0 Å². The second-order valence-electron chi connectivity index (χ2n) is 3.04. The van der Waals surface area contributed by atoms with Gasteiger partial charge in [0.15, 0.2) is 0 Å². The summed E-state index contributed by atoms with van der Waals surface area (Å²) in [7, 11) is -1.44. The molecular weight excluding hydrogens is 140 g/mol. The lowest BCUT2D eigenvalue weighted by molar-refractivity contribution is -0.112. The largest absolute Gasteiger partial charge is 0.305 e. The molecule has 0 aliphatic heterocycles. The summed E-state index contributed by atoms with van der Waals surface area (Å²) in [6.45, 7) is 8.45. The van der Waals surface area contributed by atoms with E-state index >= 15 is 0 Å². The Kier molecular flexibility index (Phi) is 3.87. The maximum absolute atomic E-state index is 11.4. The van der Waals surface area contributed by atoms with Crippen molar-refractivity contribution < 1.29 is 4.79 Å². The quantitative estimate of drug-likeness (QED) is 0.575. The molecule has 10 heavy (non-hydrogen) atoms. The summed E-state index contributed by atoms with van der Waals surface area (Å²) >= 11 is 0. The summed E-state index contributed by atoms with van der Waals surface area (Å²) in [6, 6.07) is 2.21. The molecule has 0 aliphatic rings. The van der Waals surface area contributed by atoms with E-state index in [-0.39, 0.29) is 0 Å². The SMILES string of the molecule is CCC(=O)[Si](C)(CC)CC. The molecule has 2 heteroatoms. The van der Waals surface area contributed by atoms with Crippen molar-refractivity contribution in [1.82, 2.24) is 0 Å². The second-order valence-corrected chi connectivity index (χ2v) is 8.14. The van der Waals surface area contributed by atoms with Crippen molar-refractivity contribution >= 4 is 13.5 Å². The zero-order chi connectivity index (χ0) is 8.20. The van der Waals surface area contributed by atoms with Gasteiger partial charge in [-0.15, -0.1) is 0 Å². The lowest BCUT2D eigenvalue weighted by atomic mass is 10.6.